The number of aromatic nitrogens is 10. The molecular weight excluding hydrogens is 1360 g/mol. The molecule has 15 heteroatoms. The van der Waals surface area contributed by atoms with Crippen molar-refractivity contribution in [3.8, 4) is 56.3 Å². The summed E-state index contributed by atoms with van der Waals surface area (Å²) in [6, 6.07) is 68.7. The molecule has 15 heterocycles. The Labute approximate surface area is 641 Å². The summed E-state index contributed by atoms with van der Waals surface area (Å²) in [4.78, 5) is 23.0. The number of hydrogen-bond acceptors (Lipinski definition) is 10. The van der Waals surface area contributed by atoms with E-state index in [2.05, 4.69) is 167 Å². The highest BCUT2D eigenvalue weighted by atomic mass is 16.3. The maximum Gasteiger partial charge on any atom is 0.217 e. The Morgan fingerprint density at radius 2 is 0.673 bits per heavy atom. The number of para-hydroxylation sites is 4. The number of fused-ring (bicyclic) bond motifs is 15. The van der Waals surface area contributed by atoms with E-state index in [-0.39, 0.29) is 5.69 Å². The molecule has 0 unspecified atom stereocenters. The predicted octanol–water partition coefficient (Wildman–Crippen LogP) is 20.6. The highest BCUT2D eigenvalue weighted by Crippen LogP contribution is 2.43. The van der Waals surface area contributed by atoms with Crippen LogP contribution in [0.25, 0.3) is 166 Å². The zero-order valence-corrected chi connectivity index (χ0v) is 63.8. The Kier molecular flexibility index (Phi) is 18.0. The smallest absolute Gasteiger partial charge is 0.217 e. The van der Waals surface area contributed by atoms with Crippen molar-refractivity contribution >= 4 is 110 Å². The Hall–Kier alpha value is -13.4. The first-order valence-corrected chi connectivity index (χ1v) is 36.8. The molecule has 540 valence electrons. The lowest BCUT2D eigenvalue weighted by Crippen LogP contribution is -2.30. The molecule has 15 nitrogen and oxygen atoms in total. The summed E-state index contributed by atoms with van der Waals surface area (Å²) in [5.41, 5.74) is 27.2. The molecule has 110 heavy (non-hydrogen) atoms. The van der Waals surface area contributed by atoms with E-state index in [0.29, 0.717) is 28.2 Å². The fourth-order valence-corrected chi connectivity index (χ4v) is 15.3. The third kappa shape index (κ3) is 12.8. The number of furan rings is 5. The van der Waals surface area contributed by atoms with Gasteiger partial charge in [0, 0.05) is 127 Å². The van der Waals surface area contributed by atoms with Gasteiger partial charge in [0.15, 0.2) is 53.3 Å². The van der Waals surface area contributed by atoms with Crippen LogP contribution < -0.4 is 22.8 Å². The van der Waals surface area contributed by atoms with E-state index in [4.69, 9.17) is 36.2 Å². The molecule has 0 aliphatic rings. The fraction of sp³-hybridized carbons (Fsp3) is 0.158. The summed E-state index contributed by atoms with van der Waals surface area (Å²) >= 11 is 0. The lowest BCUT2D eigenvalue weighted by Gasteiger charge is -2.11. The van der Waals surface area contributed by atoms with Gasteiger partial charge < -0.3 is 22.1 Å². The van der Waals surface area contributed by atoms with Crippen molar-refractivity contribution in [3.05, 3.63) is 301 Å². The highest BCUT2D eigenvalue weighted by Gasteiger charge is 2.29. The second-order valence-corrected chi connectivity index (χ2v) is 28.3. The van der Waals surface area contributed by atoms with Crippen LogP contribution >= 0.6 is 0 Å². The average Bonchev–Trinajstić information content (AvgIpc) is 1.62. The third-order valence-electron chi connectivity index (χ3n) is 20.6. The molecule has 0 saturated heterocycles. The molecule has 0 bridgehead atoms. The molecule has 15 aromatic heterocycles. The summed E-state index contributed by atoms with van der Waals surface area (Å²) in [5, 5.41) is 9.11. The minimum Gasteiger partial charge on any atom is -0.455 e. The number of nitrogens with zero attached hydrogens (tertiary/aromatic N) is 10. The van der Waals surface area contributed by atoms with E-state index in [1.807, 2.05) is 211 Å². The second-order valence-electron chi connectivity index (χ2n) is 28.3. The minimum absolute atomic E-state index is 0.0901. The van der Waals surface area contributed by atoms with Gasteiger partial charge in [-0.25, -0.2) is 22.8 Å². The van der Waals surface area contributed by atoms with Crippen molar-refractivity contribution < 1.29 is 49.0 Å². The van der Waals surface area contributed by atoms with Crippen LogP contribution in [0.4, 0.5) is 0 Å². The van der Waals surface area contributed by atoms with Crippen molar-refractivity contribution in [3.63, 3.8) is 0 Å². The lowest BCUT2D eigenvalue weighted by atomic mass is 9.98. The van der Waals surface area contributed by atoms with E-state index >= 15 is 0 Å². The van der Waals surface area contributed by atoms with Gasteiger partial charge >= 0.3 is 0 Å². The topological polar surface area (TPSA) is 150 Å². The number of rotatable bonds is 6. The number of benzene rings is 5. The van der Waals surface area contributed by atoms with Gasteiger partial charge in [-0.1, -0.05) is 92.7 Å². The van der Waals surface area contributed by atoms with Crippen molar-refractivity contribution in [2.75, 3.05) is 0 Å². The molecule has 0 N–H and O–H groups in total. The third-order valence-corrected chi connectivity index (χ3v) is 20.6. The maximum absolute atomic E-state index is 7.91. The first-order valence-electron chi connectivity index (χ1n) is 38.3. The van der Waals surface area contributed by atoms with Gasteiger partial charge in [-0.3, -0.25) is 24.9 Å². The van der Waals surface area contributed by atoms with E-state index in [9.17, 15) is 0 Å². The summed E-state index contributed by atoms with van der Waals surface area (Å²) in [7, 11) is 10.1. The monoisotopic (exact) mass is 1450 g/mol. The van der Waals surface area contributed by atoms with Crippen LogP contribution in [0.2, 0.25) is 0 Å². The Balaban J connectivity index is 0.000000107. The average molecular weight is 1450 g/mol. The molecule has 0 amide bonds. The van der Waals surface area contributed by atoms with Crippen LogP contribution in [-0.4, -0.2) is 24.9 Å². The molecule has 0 aliphatic carbocycles. The number of aryl methyl sites for hydroxylation is 12. The largest absolute Gasteiger partial charge is 0.455 e. The second kappa shape index (κ2) is 29.4. The quantitative estimate of drug-likeness (QED) is 0.147. The molecule has 20 aromatic rings. The molecule has 0 atom stereocenters. The first-order chi connectivity index (χ1) is 54.6. The first kappa shape index (κ1) is 67.2. The standard InChI is InChI=1S/C21H21N2O.2C19H17N2O.2C18H15N2O/c1-13(2)20-19-15-9-5-6-11-17(15)24-21(19)18(14(3)22-20)16-10-7-8-12-23(16)4;2*1-12-17-14-8-4-5-10-16(14)22-19(17)18(13(2)20-12)15-9-6-7-11-21(15)3;1-12-11-19-17-13-7-3-4-9-15(13)21-18(17)16(12)14-8-5-6-10-20(14)2;1-12-6-7-13-14-11-19-9-8-16(14)21-18(13)17(12)15-5-3-4-10-20(15)2/h5-13H,1-4H3;2*4-11H,1-3H3;2*3-11H,1-2H3/q5*+1/i;1D3;;;. The molecular formula is C95H85N10O5+5. The summed E-state index contributed by atoms with van der Waals surface area (Å²) in [6.45, 7) is 14.2. The predicted molar refractivity (Wildman–Crippen MR) is 438 cm³/mol. The van der Waals surface area contributed by atoms with Gasteiger partial charge in [0.05, 0.1) is 50.1 Å². The van der Waals surface area contributed by atoms with Gasteiger partial charge in [0.25, 0.3) is 0 Å². The molecule has 20 rings (SSSR count). The molecule has 0 fully saturated rings. The van der Waals surface area contributed by atoms with Crippen LogP contribution in [-0.2, 0) is 35.2 Å². The maximum atomic E-state index is 7.91. The van der Waals surface area contributed by atoms with E-state index in [0.717, 1.165) is 178 Å². The summed E-state index contributed by atoms with van der Waals surface area (Å²) < 4.78 is 65.0. The van der Waals surface area contributed by atoms with Gasteiger partial charge in [0.1, 0.15) is 90.9 Å². The van der Waals surface area contributed by atoms with Crippen LogP contribution in [0.5, 0.6) is 0 Å². The number of pyridine rings is 10. The van der Waals surface area contributed by atoms with E-state index in [1.54, 1.807) is 6.20 Å². The minimum atomic E-state index is -2.31. The molecule has 5 aromatic carbocycles. The van der Waals surface area contributed by atoms with Crippen LogP contribution in [0.3, 0.4) is 0 Å². The lowest BCUT2D eigenvalue weighted by molar-refractivity contribution is -0.660. The van der Waals surface area contributed by atoms with Crippen LogP contribution in [0.15, 0.2) is 278 Å². The fourth-order valence-electron chi connectivity index (χ4n) is 15.3. The summed E-state index contributed by atoms with van der Waals surface area (Å²) in [5.74, 6) is 0.339. The van der Waals surface area contributed by atoms with Crippen molar-refractivity contribution in [1.29, 1.82) is 0 Å². The van der Waals surface area contributed by atoms with Crippen LogP contribution in [0.1, 0.15) is 69.2 Å². The van der Waals surface area contributed by atoms with Gasteiger partial charge in [0.2, 0.25) is 28.5 Å². The molecule has 0 aliphatic heterocycles. The SMILES string of the molecule is Cc1ccc2c(oc3ccncc32)c1-c1cccc[n+]1C.Cc1cnc2c(oc3ccccc32)c1-c1cccc[n+]1C.Cc1nc(C(C)C)c2c(oc3ccccc32)c1-c1cccc[n+]1C.Cc1nc(C)c2c(oc3ccccc32)c1-c1cccc[n+]1C.[2H]C([2H])([2H])c1nc(C)c(-c2cccc[n+]2C)c2oc3ccccc3c12. The van der Waals surface area contributed by atoms with E-state index < -0.39 is 6.85 Å². The normalized spacial score (nSPS) is 12.0. The Morgan fingerprint density at radius 3 is 1.14 bits per heavy atom. The van der Waals surface area contributed by atoms with Crippen molar-refractivity contribution in [2.45, 2.75) is 68.2 Å². The summed E-state index contributed by atoms with van der Waals surface area (Å²) in [6.07, 6.45) is 15.7. The van der Waals surface area contributed by atoms with Gasteiger partial charge in [-0.2, -0.15) is 0 Å². The Bertz CT molecular complexity index is 6930. The zero-order chi connectivity index (χ0) is 78.7. The zero-order valence-electron chi connectivity index (χ0n) is 66.8. The highest BCUT2D eigenvalue weighted by molar-refractivity contribution is 6.14. The molecule has 0 spiro atoms. The van der Waals surface area contributed by atoms with E-state index in [1.165, 1.54) is 5.56 Å². The van der Waals surface area contributed by atoms with Crippen molar-refractivity contribution in [1.82, 2.24) is 24.9 Å². The Morgan fingerprint density at radius 1 is 0.309 bits per heavy atom. The van der Waals surface area contributed by atoms with Gasteiger partial charge in [-0.15, -0.1) is 0 Å². The molecule has 0 radical (unpaired) electrons. The number of hydrogen-bond donors (Lipinski definition) is 0. The van der Waals surface area contributed by atoms with Crippen molar-refractivity contribution in [2.24, 2.45) is 35.2 Å². The van der Waals surface area contributed by atoms with Gasteiger partial charge in [-0.05, 0) is 132 Å². The van der Waals surface area contributed by atoms with Crippen LogP contribution in [0, 0.1) is 48.4 Å². The molecule has 0 saturated carbocycles.